The van der Waals surface area contributed by atoms with Gasteiger partial charge in [-0.05, 0) is 31.4 Å². The predicted molar refractivity (Wildman–Crippen MR) is 95.7 cm³/mol. The summed E-state index contributed by atoms with van der Waals surface area (Å²) < 4.78 is 36.9. The summed E-state index contributed by atoms with van der Waals surface area (Å²) in [5.41, 5.74) is 0.354. The molecule has 1 aromatic rings. The van der Waals surface area contributed by atoms with Crippen molar-refractivity contribution in [3.05, 3.63) is 17.7 Å². The molecule has 1 aliphatic heterocycles. The second-order valence-electron chi connectivity index (χ2n) is 6.61. The number of nitrogens with one attached hydrogen (secondary N) is 1. The Hall–Kier alpha value is -1.27. The molecule has 6 heteroatoms. The van der Waals surface area contributed by atoms with Gasteiger partial charge in [0.25, 0.3) is 0 Å². The van der Waals surface area contributed by atoms with Gasteiger partial charge in [0, 0.05) is 17.6 Å². The first-order chi connectivity index (χ1) is 11.3. The van der Waals surface area contributed by atoms with Gasteiger partial charge in [-0.2, -0.15) is 0 Å². The smallest absolute Gasteiger partial charge is 0.180 e. The van der Waals surface area contributed by atoms with Crippen molar-refractivity contribution in [2.75, 3.05) is 20.0 Å². The van der Waals surface area contributed by atoms with Gasteiger partial charge in [0.15, 0.2) is 21.3 Å². The van der Waals surface area contributed by atoms with Crippen molar-refractivity contribution >= 4 is 9.84 Å². The monoisotopic (exact) mass is 355 g/mol. The number of methoxy groups -OCH3 is 2. The van der Waals surface area contributed by atoms with Crippen LogP contribution in [0.25, 0.3) is 0 Å². The summed E-state index contributed by atoms with van der Waals surface area (Å²) >= 11 is 0. The summed E-state index contributed by atoms with van der Waals surface area (Å²) in [7, 11) is -0.336. The minimum Gasteiger partial charge on any atom is -0.493 e. The summed E-state index contributed by atoms with van der Waals surface area (Å²) in [6.45, 7) is 6.20. The zero-order valence-corrected chi connectivity index (χ0v) is 16.1. The molecule has 0 aromatic heterocycles. The Morgan fingerprint density at radius 3 is 2.38 bits per heavy atom. The third kappa shape index (κ3) is 3.54. The van der Waals surface area contributed by atoms with Gasteiger partial charge in [0.05, 0.1) is 24.9 Å². The van der Waals surface area contributed by atoms with Gasteiger partial charge < -0.3 is 14.8 Å². The van der Waals surface area contributed by atoms with E-state index in [1.165, 1.54) is 7.11 Å². The summed E-state index contributed by atoms with van der Waals surface area (Å²) in [5, 5.41) is 3.60. The van der Waals surface area contributed by atoms with E-state index in [1.807, 2.05) is 6.92 Å². The van der Waals surface area contributed by atoms with E-state index in [0.717, 1.165) is 31.2 Å². The third-order valence-electron chi connectivity index (χ3n) is 4.99. The Labute approximate surface area is 145 Å². The average molecular weight is 356 g/mol. The van der Waals surface area contributed by atoms with Crippen LogP contribution < -0.4 is 14.8 Å². The van der Waals surface area contributed by atoms with E-state index in [9.17, 15) is 8.42 Å². The minimum atomic E-state index is -3.42. The van der Waals surface area contributed by atoms with Crippen molar-refractivity contribution in [2.24, 2.45) is 0 Å². The molecule has 0 amide bonds. The van der Waals surface area contributed by atoms with Crippen LogP contribution in [0.5, 0.6) is 11.5 Å². The fourth-order valence-corrected chi connectivity index (χ4v) is 5.74. The zero-order valence-electron chi connectivity index (χ0n) is 15.3. The molecule has 136 valence electrons. The Balaban J connectivity index is 2.59. The average Bonchev–Trinajstić information content (AvgIpc) is 2.65. The molecule has 1 aliphatic rings. The van der Waals surface area contributed by atoms with Crippen LogP contribution in [0.4, 0.5) is 0 Å². The second-order valence-corrected chi connectivity index (χ2v) is 8.57. The van der Waals surface area contributed by atoms with Crippen molar-refractivity contribution in [2.45, 2.75) is 62.9 Å². The number of benzene rings is 1. The van der Waals surface area contributed by atoms with E-state index in [-0.39, 0.29) is 11.8 Å². The highest BCUT2D eigenvalue weighted by molar-refractivity contribution is 7.91. The molecule has 0 saturated carbocycles. The fourth-order valence-electron chi connectivity index (χ4n) is 3.54. The standard InChI is InChI=1S/C18H29NO4S/c1-6-8-9-18(7-2)12-24(20,21)17-11-16(23-5)15(22-4)10-14(17)13(3)19-18/h10-11,13,19H,6-9,12H2,1-5H3/t13-,18+/m1/s1. The molecule has 0 radical (unpaired) electrons. The van der Waals surface area contributed by atoms with Crippen molar-refractivity contribution in [3.8, 4) is 11.5 Å². The van der Waals surface area contributed by atoms with Crippen LogP contribution in [0.1, 0.15) is 58.1 Å². The molecule has 0 fully saturated rings. The van der Waals surface area contributed by atoms with Crippen molar-refractivity contribution < 1.29 is 17.9 Å². The molecule has 0 saturated heterocycles. The molecule has 1 N–H and O–H groups in total. The number of hydrogen-bond acceptors (Lipinski definition) is 5. The lowest BCUT2D eigenvalue weighted by Crippen LogP contribution is -2.49. The van der Waals surface area contributed by atoms with Crippen molar-refractivity contribution in [3.63, 3.8) is 0 Å². The first-order valence-corrected chi connectivity index (χ1v) is 10.2. The quantitative estimate of drug-likeness (QED) is 0.846. The summed E-state index contributed by atoms with van der Waals surface area (Å²) in [6.07, 6.45) is 3.68. The molecule has 5 nitrogen and oxygen atoms in total. The Kier molecular flexibility index (Phi) is 5.81. The van der Waals surface area contributed by atoms with Crippen molar-refractivity contribution in [1.82, 2.24) is 5.32 Å². The SMILES string of the molecule is CCCC[C@@]1(CC)CS(=O)(=O)c2cc(OC)c(OC)cc2[C@@H](C)N1. The third-order valence-corrected chi connectivity index (χ3v) is 6.95. The van der Waals surface area contributed by atoms with E-state index in [4.69, 9.17) is 9.47 Å². The summed E-state index contributed by atoms with van der Waals surface area (Å²) in [5.74, 6) is 1.12. The number of rotatable bonds is 6. The Morgan fingerprint density at radius 1 is 1.21 bits per heavy atom. The topological polar surface area (TPSA) is 64.6 Å². The lowest BCUT2D eigenvalue weighted by molar-refractivity contribution is 0.286. The normalized spacial score (nSPS) is 25.6. The molecular formula is C18H29NO4S. The van der Waals surface area contributed by atoms with Gasteiger partial charge in [-0.25, -0.2) is 8.42 Å². The minimum absolute atomic E-state index is 0.0751. The second kappa shape index (κ2) is 7.31. The van der Waals surface area contributed by atoms with Crippen LogP contribution >= 0.6 is 0 Å². The first-order valence-electron chi connectivity index (χ1n) is 8.59. The number of sulfone groups is 1. The maximum absolute atomic E-state index is 13.1. The Bertz CT molecular complexity index is 687. The largest absolute Gasteiger partial charge is 0.493 e. The van der Waals surface area contributed by atoms with Gasteiger partial charge in [0.2, 0.25) is 0 Å². The van der Waals surface area contributed by atoms with Crippen LogP contribution in [0.2, 0.25) is 0 Å². The molecule has 2 atom stereocenters. The molecule has 0 aliphatic carbocycles. The zero-order chi connectivity index (χ0) is 18.0. The highest BCUT2D eigenvalue weighted by Gasteiger charge is 2.40. The highest BCUT2D eigenvalue weighted by atomic mass is 32.2. The Morgan fingerprint density at radius 2 is 1.83 bits per heavy atom. The molecule has 24 heavy (non-hydrogen) atoms. The maximum atomic E-state index is 13.1. The van der Waals surface area contributed by atoms with Crippen LogP contribution in [0.3, 0.4) is 0 Å². The number of fused-ring (bicyclic) bond motifs is 1. The van der Waals surface area contributed by atoms with E-state index in [1.54, 1.807) is 19.2 Å². The molecular weight excluding hydrogens is 326 g/mol. The molecule has 0 bridgehead atoms. The molecule has 0 spiro atoms. The summed E-state index contributed by atoms with van der Waals surface area (Å²) in [4.78, 5) is 0.354. The fraction of sp³-hybridized carbons (Fsp3) is 0.667. The van der Waals surface area contributed by atoms with Gasteiger partial charge in [-0.3, -0.25) is 0 Å². The summed E-state index contributed by atoms with van der Waals surface area (Å²) in [6, 6.07) is 3.32. The van der Waals surface area contributed by atoms with Gasteiger partial charge in [-0.15, -0.1) is 0 Å². The number of ether oxygens (including phenoxy) is 2. The van der Waals surface area contributed by atoms with E-state index < -0.39 is 15.4 Å². The van der Waals surface area contributed by atoms with Gasteiger partial charge in [0.1, 0.15) is 0 Å². The van der Waals surface area contributed by atoms with Gasteiger partial charge in [-0.1, -0.05) is 26.7 Å². The van der Waals surface area contributed by atoms with Crippen LogP contribution in [-0.4, -0.2) is 33.9 Å². The van der Waals surface area contributed by atoms with Crippen molar-refractivity contribution in [1.29, 1.82) is 0 Å². The molecule has 1 heterocycles. The molecule has 2 rings (SSSR count). The predicted octanol–water partition coefficient (Wildman–Crippen LogP) is 3.48. The lowest BCUT2D eigenvalue weighted by atomic mass is 9.90. The van der Waals surface area contributed by atoms with E-state index in [0.29, 0.717) is 16.4 Å². The van der Waals surface area contributed by atoms with E-state index >= 15 is 0 Å². The molecule has 1 aromatic carbocycles. The number of unbranched alkanes of at least 4 members (excludes halogenated alkanes) is 1. The molecule has 0 unspecified atom stereocenters. The van der Waals surface area contributed by atoms with Crippen LogP contribution in [-0.2, 0) is 9.84 Å². The van der Waals surface area contributed by atoms with Crippen LogP contribution in [0.15, 0.2) is 17.0 Å². The van der Waals surface area contributed by atoms with E-state index in [2.05, 4.69) is 19.2 Å². The number of hydrogen-bond donors (Lipinski definition) is 1. The highest BCUT2D eigenvalue weighted by Crippen LogP contribution is 2.40. The van der Waals surface area contributed by atoms with Gasteiger partial charge >= 0.3 is 0 Å². The maximum Gasteiger partial charge on any atom is 0.180 e. The first kappa shape index (κ1) is 19.1. The van der Waals surface area contributed by atoms with Crippen LogP contribution in [0, 0.1) is 0 Å². The lowest BCUT2D eigenvalue weighted by Gasteiger charge is -2.34.